The molecule has 25 heavy (non-hydrogen) atoms. The van der Waals surface area contributed by atoms with Crippen LogP contribution in [0.5, 0.6) is 11.5 Å². The Morgan fingerprint density at radius 3 is 2.48 bits per heavy atom. The van der Waals surface area contributed by atoms with Gasteiger partial charge in [0, 0.05) is 32.7 Å². The van der Waals surface area contributed by atoms with Crippen molar-refractivity contribution in [2.45, 2.75) is 0 Å². The number of rotatable bonds is 6. The maximum atomic E-state index is 5.48. The minimum absolute atomic E-state index is 0.896. The van der Waals surface area contributed by atoms with Crippen LogP contribution in [0.1, 0.15) is 5.56 Å². The quantitative estimate of drug-likeness (QED) is 0.804. The van der Waals surface area contributed by atoms with Gasteiger partial charge in [0.25, 0.3) is 0 Å². The van der Waals surface area contributed by atoms with Gasteiger partial charge in [-0.2, -0.15) is 0 Å². The lowest BCUT2D eigenvalue weighted by molar-refractivity contribution is 0.283. The number of anilines is 1. The van der Waals surface area contributed by atoms with Crippen molar-refractivity contribution in [2.24, 2.45) is 0 Å². The maximum Gasteiger partial charge on any atom is 0.142 e. The Labute approximate surface area is 150 Å². The summed E-state index contributed by atoms with van der Waals surface area (Å²) in [5.74, 6) is 1.85. The fraction of sp³-hybridized carbons (Fsp3) is 0.333. The van der Waals surface area contributed by atoms with Crippen LogP contribution in [-0.4, -0.2) is 51.8 Å². The Hall–Kier alpha value is -2.46. The number of benzene rings is 2. The molecule has 132 valence electrons. The van der Waals surface area contributed by atoms with Gasteiger partial charge < -0.3 is 14.4 Å². The number of piperazine rings is 1. The average molecular weight is 338 g/mol. The molecule has 1 aliphatic heterocycles. The van der Waals surface area contributed by atoms with E-state index in [0.29, 0.717) is 0 Å². The SMILES string of the molecule is COc1cccc(/C=C/CN2CCN(c3ccccc3OC)CC2)c1. The number of hydrogen-bond acceptors (Lipinski definition) is 4. The van der Waals surface area contributed by atoms with Crippen molar-refractivity contribution in [3.63, 3.8) is 0 Å². The molecule has 0 amide bonds. The second-order valence-corrected chi connectivity index (χ2v) is 6.14. The van der Waals surface area contributed by atoms with Crippen LogP contribution in [0.3, 0.4) is 0 Å². The van der Waals surface area contributed by atoms with Crippen LogP contribution in [0.15, 0.2) is 54.6 Å². The summed E-state index contributed by atoms with van der Waals surface area (Å²) in [7, 11) is 3.43. The standard InChI is InChI=1S/C21H26N2O2/c1-24-19-9-5-7-18(17-19)8-6-12-22-13-15-23(16-14-22)20-10-3-4-11-21(20)25-2/h3-11,17H,12-16H2,1-2H3/b8-6+. The molecular formula is C21H26N2O2. The average Bonchev–Trinajstić information content (AvgIpc) is 2.68. The molecule has 1 saturated heterocycles. The summed E-state index contributed by atoms with van der Waals surface area (Å²) in [6.45, 7) is 5.12. The lowest BCUT2D eigenvalue weighted by atomic mass is 10.2. The highest BCUT2D eigenvalue weighted by atomic mass is 16.5. The van der Waals surface area contributed by atoms with E-state index in [0.717, 1.165) is 44.2 Å². The van der Waals surface area contributed by atoms with Crippen molar-refractivity contribution in [1.29, 1.82) is 0 Å². The minimum Gasteiger partial charge on any atom is -0.497 e. The Morgan fingerprint density at radius 2 is 1.72 bits per heavy atom. The summed E-state index contributed by atoms with van der Waals surface area (Å²) in [6.07, 6.45) is 4.39. The molecule has 4 nitrogen and oxygen atoms in total. The normalized spacial score (nSPS) is 15.5. The van der Waals surface area contributed by atoms with E-state index in [2.05, 4.69) is 46.2 Å². The minimum atomic E-state index is 0.896. The first-order valence-corrected chi connectivity index (χ1v) is 8.71. The molecule has 0 spiro atoms. The van der Waals surface area contributed by atoms with Crippen LogP contribution >= 0.6 is 0 Å². The lowest BCUT2D eigenvalue weighted by Crippen LogP contribution is -2.46. The van der Waals surface area contributed by atoms with Crippen molar-refractivity contribution < 1.29 is 9.47 Å². The van der Waals surface area contributed by atoms with E-state index in [1.54, 1.807) is 14.2 Å². The van der Waals surface area contributed by atoms with Crippen LogP contribution in [-0.2, 0) is 0 Å². The van der Waals surface area contributed by atoms with Crippen LogP contribution in [0.4, 0.5) is 5.69 Å². The summed E-state index contributed by atoms with van der Waals surface area (Å²) < 4.78 is 10.7. The molecule has 0 unspecified atom stereocenters. The van der Waals surface area contributed by atoms with E-state index < -0.39 is 0 Å². The van der Waals surface area contributed by atoms with E-state index in [-0.39, 0.29) is 0 Å². The highest BCUT2D eigenvalue weighted by Crippen LogP contribution is 2.28. The fourth-order valence-electron chi connectivity index (χ4n) is 3.15. The van der Waals surface area contributed by atoms with Gasteiger partial charge in [0.2, 0.25) is 0 Å². The number of ether oxygens (including phenoxy) is 2. The molecular weight excluding hydrogens is 312 g/mol. The zero-order valence-corrected chi connectivity index (χ0v) is 15.0. The second-order valence-electron chi connectivity index (χ2n) is 6.14. The zero-order valence-electron chi connectivity index (χ0n) is 15.0. The summed E-state index contributed by atoms with van der Waals surface area (Å²) >= 11 is 0. The largest absolute Gasteiger partial charge is 0.497 e. The molecule has 0 aliphatic carbocycles. The fourth-order valence-corrected chi connectivity index (χ4v) is 3.15. The Kier molecular flexibility index (Phi) is 5.96. The molecule has 0 aromatic heterocycles. The summed E-state index contributed by atoms with van der Waals surface area (Å²) in [5, 5.41) is 0. The third-order valence-electron chi connectivity index (χ3n) is 4.57. The molecule has 3 rings (SSSR count). The van der Waals surface area contributed by atoms with Crippen LogP contribution in [0.2, 0.25) is 0 Å². The molecule has 0 N–H and O–H groups in total. The van der Waals surface area contributed by atoms with Gasteiger partial charge in [-0.15, -0.1) is 0 Å². The van der Waals surface area contributed by atoms with Crippen molar-refractivity contribution >= 4 is 11.8 Å². The monoisotopic (exact) mass is 338 g/mol. The summed E-state index contributed by atoms with van der Waals surface area (Å²) in [6, 6.07) is 16.4. The molecule has 0 radical (unpaired) electrons. The van der Waals surface area contributed by atoms with Crippen LogP contribution in [0.25, 0.3) is 6.08 Å². The van der Waals surface area contributed by atoms with E-state index in [9.17, 15) is 0 Å². The third kappa shape index (κ3) is 4.54. The molecule has 1 fully saturated rings. The second kappa shape index (κ2) is 8.58. The predicted octanol–water partition coefficient (Wildman–Crippen LogP) is 3.54. The molecule has 4 heteroatoms. The van der Waals surface area contributed by atoms with Gasteiger partial charge in [0.1, 0.15) is 11.5 Å². The third-order valence-corrected chi connectivity index (χ3v) is 4.57. The Morgan fingerprint density at radius 1 is 0.920 bits per heavy atom. The van der Waals surface area contributed by atoms with Crippen molar-refractivity contribution in [1.82, 2.24) is 4.90 Å². The molecule has 0 saturated carbocycles. The van der Waals surface area contributed by atoms with Crippen molar-refractivity contribution in [3.05, 3.63) is 60.2 Å². The zero-order chi connectivity index (χ0) is 17.5. The Balaban J connectivity index is 1.51. The van der Waals surface area contributed by atoms with Crippen LogP contribution < -0.4 is 14.4 Å². The van der Waals surface area contributed by atoms with Gasteiger partial charge in [0.05, 0.1) is 19.9 Å². The highest BCUT2D eigenvalue weighted by Gasteiger charge is 2.18. The molecule has 0 bridgehead atoms. The maximum absolute atomic E-state index is 5.48. The van der Waals surface area contributed by atoms with E-state index in [4.69, 9.17) is 9.47 Å². The first kappa shape index (κ1) is 17.4. The van der Waals surface area contributed by atoms with E-state index in [1.165, 1.54) is 11.3 Å². The van der Waals surface area contributed by atoms with Crippen LogP contribution in [0, 0.1) is 0 Å². The van der Waals surface area contributed by atoms with Gasteiger partial charge in [-0.3, -0.25) is 4.90 Å². The first-order valence-electron chi connectivity index (χ1n) is 8.71. The van der Waals surface area contributed by atoms with E-state index >= 15 is 0 Å². The first-order chi connectivity index (χ1) is 12.3. The molecule has 2 aromatic rings. The van der Waals surface area contributed by atoms with Gasteiger partial charge in [-0.05, 0) is 29.8 Å². The molecule has 1 aliphatic rings. The summed E-state index contributed by atoms with van der Waals surface area (Å²) in [4.78, 5) is 4.88. The van der Waals surface area contributed by atoms with Gasteiger partial charge in [-0.25, -0.2) is 0 Å². The van der Waals surface area contributed by atoms with Gasteiger partial charge >= 0.3 is 0 Å². The number of para-hydroxylation sites is 2. The van der Waals surface area contributed by atoms with E-state index in [1.807, 2.05) is 24.3 Å². The number of nitrogens with zero attached hydrogens (tertiary/aromatic N) is 2. The predicted molar refractivity (Wildman–Crippen MR) is 104 cm³/mol. The summed E-state index contributed by atoms with van der Waals surface area (Å²) in [5.41, 5.74) is 2.36. The molecule has 1 heterocycles. The topological polar surface area (TPSA) is 24.9 Å². The highest BCUT2D eigenvalue weighted by molar-refractivity contribution is 5.58. The molecule has 0 atom stereocenters. The van der Waals surface area contributed by atoms with Gasteiger partial charge in [-0.1, -0.05) is 36.4 Å². The van der Waals surface area contributed by atoms with Gasteiger partial charge in [0.15, 0.2) is 0 Å². The number of hydrogen-bond donors (Lipinski definition) is 0. The molecule has 2 aromatic carbocycles. The Bertz CT molecular complexity index is 707. The lowest BCUT2D eigenvalue weighted by Gasteiger charge is -2.36. The number of methoxy groups -OCH3 is 2. The van der Waals surface area contributed by atoms with Crippen molar-refractivity contribution in [2.75, 3.05) is 51.8 Å². The smallest absolute Gasteiger partial charge is 0.142 e. The van der Waals surface area contributed by atoms with Crippen molar-refractivity contribution in [3.8, 4) is 11.5 Å².